The lowest BCUT2D eigenvalue weighted by Crippen LogP contribution is -2.45. The van der Waals surface area contributed by atoms with Crippen LogP contribution in [0.25, 0.3) is 0 Å². The molecule has 20 heavy (non-hydrogen) atoms. The summed E-state index contributed by atoms with van der Waals surface area (Å²) >= 11 is 0. The first-order valence-corrected chi connectivity index (χ1v) is 8.09. The predicted molar refractivity (Wildman–Crippen MR) is 76.6 cm³/mol. The molecule has 4 saturated carbocycles. The van der Waals surface area contributed by atoms with E-state index in [2.05, 4.69) is 4.98 Å². The van der Waals surface area contributed by atoms with Gasteiger partial charge in [0.25, 0.3) is 0 Å². The number of carboxylic acid groups (broad SMARTS) is 1. The summed E-state index contributed by atoms with van der Waals surface area (Å²) in [7, 11) is 0. The molecule has 0 unspecified atom stereocenters. The number of hydrogen-bond acceptors (Lipinski definition) is 1. The first-order chi connectivity index (χ1) is 9.69. The summed E-state index contributed by atoms with van der Waals surface area (Å²) in [6.07, 6.45) is 11.6. The van der Waals surface area contributed by atoms with E-state index in [0.29, 0.717) is 5.69 Å². The second kappa shape index (κ2) is 4.64. The average Bonchev–Trinajstić information content (AvgIpc) is 2.86. The van der Waals surface area contributed by atoms with Gasteiger partial charge in [0.05, 0.1) is 0 Å². The number of nitrogens with one attached hydrogen (secondary N) is 1. The Labute approximate surface area is 119 Å². The number of carbonyl (C=O) groups is 1. The Balaban J connectivity index is 1.40. The highest BCUT2D eigenvalue weighted by Crippen LogP contribution is 2.57. The van der Waals surface area contributed by atoms with Crippen molar-refractivity contribution in [1.29, 1.82) is 0 Å². The molecule has 0 atom stereocenters. The first kappa shape index (κ1) is 12.5. The van der Waals surface area contributed by atoms with Crippen molar-refractivity contribution in [3.63, 3.8) is 0 Å². The maximum Gasteiger partial charge on any atom is 0.352 e. The van der Waals surface area contributed by atoms with E-state index in [-0.39, 0.29) is 0 Å². The Kier molecular flexibility index (Phi) is 2.90. The number of aryl methyl sites for hydroxylation is 1. The molecule has 1 heterocycles. The van der Waals surface area contributed by atoms with Crippen molar-refractivity contribution in [2.24, 2.45) is 29.6 Å². The van der Waals surface area contributed by atoms with Gasteiger partial charge in [-0.3, -0.25) is 0 Å². The van der Waals surface area contributed by atoms with E-state index in [1.807, 2.05) is 6.20 Å². The molecule has 4 bridgehead atoms. The minimum absolute atomic E-state index is 0.324. The molecule has 0 spiro atoms. The van der Waals surface area contributed by atoms with E-state index in [1.54, 1.807) is 6.07 Å². The van der Waals surface area contributed by atoms with Gasteiger partial charge in [-0.15, -0.1) is 0 Å². The van der Waals surface area contributed by atoms with Gasteiger partial charge in [-0.05, 0) is 86.2 Å². The third kappa shape index (κ3) is 2.07. The summed E-state index contributed by atoms with van der Waals surface area (Å²) in [4.78, 5) is 13.7. The Morgan fingerprint density at radius 1 is 1.15 bits per heavy atom. The summed E-state index contributed by atoms with van der Waals surface area (Å²) in [6.45, 7) is 0. The number of rotatable bonds is 4. The van der Waals surface area contributed by atoms with Crippen LogP contribution in [-0.4, -0.2) is 16.1 Å². The van der Waals surface area contributed by atoms with Crippen molar-refractivity contribution in [2.45, 2.75) is 44.9 Å². The van der Waals surface area contributed by atoms with Crippen LogP contribution < -0.4 is 0 Å². The molecule has 0 aromatic carbocycles. The molecule has 4 aliphatic rings. The second-order valence-electron chi connectivity index (χ2n) is 7.36. The fourth-order valence-electron chi connectivity index (χ4n) is 5.55. The highest BCUT2D eigenvalue weighted by molar-refractivity contribution is 5.85. The lowest BCUT2D eigenvalue weighted by Gasteiger charge is -2.54. The Morgan fingerprint density at radius 2 is 1.80 bits per heavy atom. The van der Waals surface area contributed by atoms with Crippen molar-refractivity contribution >= 4 is 5.97 Å². The first-order valence-electron chi connectivity index (χ1n) is 8.09. The van der Waals surface area contributed by atoms with Gasteiger partial charge in [-0.1, -0.05) is 0 Å². The largest absolute Gasteiger partial charge is 0.477 e. The van der Waals surface area contributed by atoms with Crippen LogP contribution in [0.1, 0.15) is 54.6 Å². The number of hydrogen-bond donors (Lipinski definition) is 2. The molecule has 3 nitrogen and oxygen atoms in total. The molecule has 5 rings (SSSR count). The number of aromatic nitrogens is 1. The standard InChI is InChI=1S/C17H23NO2/c19-17(20)16-8-10(9-18-16)1-2-15-13-4-11-3-12(6-13)7-14(15)5-11/h8-9,11-15,18H,1-7H2,(H,19,20). The fourth-order valence-corrected chi connectivity index (χ4v) is 5.55. The molecule has 108 valence electrons. The van der Waals surface area contributed by atoms with Crippen LogP contribution in [-0.2, 0) is 6.42 Å². The van der Waals surface area contributed by atoms with Gasteiger partial charge in [-0.25, -0.2) is 4.79 Å². The molecular formula is C17H23NO2. The van der Waals surface area contributed by atoms with E-state index >= 15 is 0 Å². The molecule has 2 N–H and O–H groups in total. The average molecular weight is 273 g/mol. The maximum atomic E-state index is 10.9. The number of aromatic carboxylic acids is 1. The topological polar surface area (TPSA) is 53.1 Å². The molecule has 1 aromatic rings. The van der Waals surface area contributed by atoms with E-state index in [1.165, 1.54) is 38.5 Å². The summed E-state index contributed by atoms with van der Waals surface area (Å²) in [5, 5.41) is 8.95. The smallest absolute Gasteiger partial charge is 0.352 e. The SMILES string of the molecule is O=C(O)c1cc(CCC2C3CC4CC(C3)CC2C4)c[nH]1. The molecule has 1 aromatic heterocycles. The molecule has 0 amide bonds. The van der Waals surface area contributed by atoms with Crippen LogP contribution in [0.3, 0.4) is 0 Å². The zero-order chi connectivity index (χ0) is 13.7. The molecule has 4 aliphatic carbocycles. The van der Waals surface area contributed by atoms with E-state index in [9.17, 15) is 4.79 Å². The van der Waals surface area contributed by atoms with Gasteiger partial charge in [0.15, 0.2) is 0 Å². The van der Waals surface area contributed by atoms with Gasteiger partial charge in [0, 0.05) is 6.20 Å². The van der Waals surface area contributed by atoms with E-state index in [4.69, 9.17) is 5.11 Å². The van der Waals surface area contributed by atoms with Crippen molar-refractivity contribution < 1.29 is 9.90 Å². The molecule has 0 radical (unpaired) electrons. The second-order valence-corrected chi connectivity index (χ2v) is 7.36. The third-order valence-electron chi connectivity index (χ3n) is 6.16. The van der Waals surface area contributed by atoms with Crippen molar-refractivity contribution in [3.05, 3.63) is 23.5 Å². The lowest BCUT2D eigenvalue weighted by atomic mass is 9.51. The monoisotopic (exact) mass is 273 g/mol. The summed E-state index contributed by atoms with van der Waals surface area (Å²) in [5.74, 6) is 4.09. The van der Waals surface area contributed by atoms with Crippen LogP contribution in [0.4, 0.5) is 0 Å². The van der Waals surface area contributed by atoms with Crippen molar-refractivity contribution in [1.82, 2.24) is 4.98 Å². The van der Waals surface area contributed by atoms with Gasteiger partial charge >= 0.3 is 5.97 Å². The number of carboxylic acids is 1. The molecule has 4 fully saturated rings. The summed E-state index contributed by atoms with van der Waals surface area (Å²) in [5.41, 5.74) is 1.49. The highest BCUT2D eigenvalue weighted by Gasteiger charge is 2.47. The number of aromatic amines is 1. The van der Waals surface area contributed by atoms with Crippen LogP contribution in [0.2, 0.25) is 0 Å². The van der Waals surface area contributed by atoms with E-state index < -0.39 is 5.97 Å². The summed E-state index contributed by atoms with van der Waals surface area (Å²) in [6, 6.07) is 1.80. The van der Waals surface area contributed by atoms with Crippen molar-refractivity contribution in [2.75, 3.05) is 0 Å². The van der Waals surface area contributed by atoms with Crippen LogP contribution >= 0.6 is 0 Å². The molecular weight excluding hydrogens is 250 g/mol. The zero-order valence-corrected chi connectivity index (χ0v) is 11.8. The van der Waals surface area contributed by atoms with Crippen molar-refractivity contribution in [3.8, 4) is 0 Å². The Hall–Kier alpha value is -1.25. The normalized spacial score (nSPS) is 38.3. The minimum atomic E-state index is -0.856. The van der Waals surface area contributed by atoms with Gasteiger partial charge < -0.3 is 10.1 Å². The zero-order valence-electron chi connectivity index (χ0n) is 11.8. The van der Waals surface area contributed by atoms with Crippen LogP contribution in [0, 0.1) is 29.6 Å². The molecule has 0 saturated heterocycles. The Morgan fingerprint density at radius 3 is 2.35 bits per heavy atom. The highest BCUT2D eigenvalue weighted by atomic mass is 16.4. The minimum Gasteiger partial charge on any atom is -0.477 e. The summed E-state index contributed by atoms with van der Waals surface area (Å²) < 4.78 is 0. The molecule has 0 aliphatic heterocycles. The predicted octanol–water partition coefficient (Wildman–Crippen LogP) is 3.72. The Bertz CT molecular complexity index is 491. The third-order valence-corrected chi connectivity index (χ3v) is 6.16. The van der Waals surface area contributed by atoms with Gasteiger partial charge in [0.1, 0.15) is 5.69 Å². The van der Waals surface area contributed by atoms with Gasteiger partial charge in [0.2, 0.25) is 0 Å². The quantitative estimate of drug-likeness (QED) is 0.878. The lowest BCUT2D eigenvalue weighted by molar-refractivity contribution is -0.0394. The maximum absolute atomic E-state index is 10.9. The fraction of sp³-hybridized carbons (Fsp3) is 0.706. The van der Waals surface area contributed by atoms with Crippen LogP contribution in [0.15, 0.2) is 12.3 Å². The van der Waals surface area contributed by atoms with E-state index in [0.717, 1.165) is 41.6 Å². The molecule has 3 heteroatoms. The van der Waals surface area contributed by atoms with Gasteiger partial charge in [-0.2, -0.15) is 0 Å². The number of H-pyrrole nitrogens is 1. The van der Waals surface area contributed by atoms with Crippen LogP contribution in [0.5, 0.6) is 0 Å².